The second-order valence-electron chi connectivity index (χ2n) is 4.29. The fourth-order valence-corrected chi connectivity index (χ4v) is 2.43. The lowest BCUT2D eigenvalue weighted by Gasteiger charge is -2.12. The van der Waals surface area contributed by atoms with Gasteiger partial charge in [-0.15, -0.1) is 5.10 Å². The second-order valence-corrected chi connectivity index (χ2v) is 5.48. The Kier molecular flexibility index (Phi) is 5.05. The summed E-state index contributed by atoms with van der Waals surface area (Å²) in [6, 6.07) is 7.06. The molecule has 0 aliphatic heterocycles. The van der Waals surface area contributed by atoms with E-state index in [0.29, 0.717) is 22.2 Å². The van der Waals surface area contributed by atoms with Crippen LogP contribution in [-0.4, -0.2) is 35.3 Å². The largest absolute Gasteiger partial charge is 0.383 e. The maximum atomic E-state index is 12.2. The molecule has 1 heterocycles. The summed E-state index contributed by atoms with van der Waals surface area (Å²) in [7, 11) is 1.59. The van der Waals surface area contributed by atoms with E-state index in [2.05, 4.69) is 14.9 Å². The van der Waals surface area contributed by atoms with Crippen molar-refractivity contribution in [3.63, 3.8) is 0 Å². The van der Waals surface area contributed by atoms with E-state index >= 15 is 0 Å². The Morgan fingerprint density at radius 1 is 1.45 bits per heavy atom. The van der Waals surface area contributed by atoms with Crippen LogP contribution in [0.3, 0.4) is 0 Å². The number of nitrogens with one attached hydrogen (secondary N) is 1. The quantitative estimate of drug-likeness (QED) is 0.922. The van der Waals surface area contributed by atoms with E-state index in [4.69, 9.17) is 16.3 Å². The van der Waals surface area contributed by atoms with Gasteiger partial charge in [0.1, 0.15) is 10.6 Å². The van der Waals surface area contributed by atoms with Crippen LogP contribution in [0.1, 0.15) is 16.6 Å². The molecule has 0 unspecified atom stereocenters. The first-order chi connectivity index (χ1) is 9.61. The number of nitrogens with zero attached hydrogens (tertiary/aromatic N) is 2. The number of hydrogen-bond donors (Lipinski definition) is 1. The van der Waals surface area contributed by atoms with Crippen LogP contribution in [0, 0.1) is 0 Å². The molecule has 0 aliphatic rings. The summed E-state index contributed by atoms with van der Waals surface area (Å²) in [5.41, 5.74) is 1.38. The highest BCUT2D eigenvalue weighted by molar-refractivity contribution is 7.08. The molecule has 0 saturated carbocycles. The van der Waals surface area contributed by atoms with Crippen molar-refractivity contribution in [3.8, 4) is 11.3 Å². The van der Waals surface area contributed by atoms with Gasteiger partial charge in [-0.1, -0.05) is 28.2 Å². The molecule has 7 heteroatoms. The van der Waals surface area contributed by atoms with Crippen molar-refractivity contribution in [2.45, 2.75) is 13.0 Å². The van der Waals surface area contributed by atoms with Crippen LogP contribution < -0.4 is 5.32 Å². The number of hydrogen-bond acceptors (Lipinski definition) is 5. The van der Waals surface area contributed by atoms with Crippen LogP contribution in [0.2, 0.25) is 5.02 Å². The molecule has 1 aromatic heterocycles. The molecule has 2 aromatic rings. The molecule has 5 nitrogen and oxygen atoms in total. The van der Waals surface area contributed by atoms with Crippen molar-refractivity contribution in [2.75, 3.05) is 13.7 Å². The lowest BCUT2D eigenvalue weighted by Crippen LogP contribution is -2.35. The Morgan fingerprint density at radius 2 is 2.15 bits per heavy atom. The average Bonchev–Trinajstić information content (AvgIpc) is 2.89. The third-order valence-electron chi connectivity index (χ3n) is 2.61. The van der Waals surface area contributed by atoms with E-state index in [-0.39, 0.29) is 11.9 Å². The molecular weight excluding hydrogens is 298 g/mol. The number of aromatic nitrogens is 2. The molecule has 20 heavy (non-hydrogen) atoms. The van der Waals surface area contributed by atoms with Crippen LogP contribution in [-0.2, 0) is 4.74 Å². The maximum absolute atomic E-state index is 12.2. The van der Waals surface area contributed by atoms with Gasteiger partial charge in [-0.25, -0.2) is 0 Å². The Bertz CT molecular complexity index is 586. The fraction of sp³-hybridized carbons (Fsp3) is 0.308. The van der Waals surface area contributed by atoms with Crippen LogP contribution in [0.4, 0.5) is 0 Å². The van der Waals surface area contributed by atoms with Crippen molar-refractivity contribution in [3.05, 3.63) is 34.2 Å². The minimum absolute atomic E-state index is 0.0762. The zero-order chi connectivity index (χ0) is 14.5. The minimum Gasteiger partial charge on any atom is -0.383 e. The molecule has 0 bridgehead atoms. The maximum Gasteiger partial charge on any atom is 0.265 e. The van der Waals surface area contributed by atoms with E-state index in [1.54, 1.807) is 19.2 Å². The topological polar surface area (TPSA) is 64.1 Å². The van der Waals surface area contributed by atoms with E-state index < -0.39 is 0 Å². The van der Waals surface area contributed by atoms with Crippen molar-refractivity contribution >= 4 is 29.0 Å². The van der Waals surface area contributed by atoms with Gasteiger partial charge in [-0.05, 0) is 30.6 Å². The van der Waals surface area contributed by atoms with Crippen molar-refractivity contribution in [1.82, 2.24) is 14.9 Å². The lowest BCUT2D eigenvalue weighted by atomic mass is 10.1. The molecule has 1 N–H and O–H groups in total. The number of carbonyl (C=O) groups is 1. The molecule has 0 aliphatic carbocycles. The smallest absolute Gasteiger partial charge is 0.265 e. The average molecular weight is 312 g/mol. The van der Waals surface area contributed by atoms with E-state index in [1.807, 2.05) is 19.1 Å². The van der Waals surface area contributed by atoms with Crippen molar-refractivity contribution in [2.24, 2.45) is 0 Å². The van der Waals surface area contributed by atoms with Crippen LogP contribution in [0.25, 0.3) is 11.3 Å². The van der Waals surface area contributed by atoms with Crippen LogP contribution >= 0.6 is 23.1 Å². The molecular formula is C13H14ClN3O2S. The summed E-state index contributed by atoms with van der Waals surface area (Å²) in [5, 5.41) is 7.50. The Morgan fingerprint density at radius 3 is 2.80 bits per heavy atom. The first kappa shape index (κ1) is 14.9. The molecule has 1 aromatic carbocycles. The van der Waals surface area contributed by atoms with Gasteiger partial charge in [0.2, 0.25) is 0 Å². The van der Waals surface area contributed by atoms with Crippen LogP contribution in [0.5, 0.6) is 0 Å². The highest BCUT2D eigenvalue weighted by atomic mass is 35.5. The number of methoxy groups -OCH3 is 1. The van der Waals surface area contributed by atoms with Crippen molar-refractivity contribution < 1.29 is 9.53 Å². The number of amides is 1. The Labute approximate surface area is 126 Å². The zero-order valence-electron chi connectivity index (χ0n) is 11.1. The normalized spacial score (nSPS) is 12.2. The van der Waals surface area contributed by atoms with Gasteiger partial charge in [-0.2, -0.15) is 0 Å². The number of carbonyl (C=O) groups excluding carboxylic acids is 1. The van der Waals surface area contributed by atoms with E-state index in [0.717, 1.165) is 17.1 Å². The van der Waals surface area contributed by atoms with Gasteiger partial charge >= 0.3 is 0 Å². The summed E-state index contributed by atoms with van der Waals surface area (Å²) < 4.78 is 8.85. The van der Waals surface area contributed by atoms with Gasteiger partial charge in [0.15, 0.2) is 0 Å². The molecule has 1 amide bonds. The van der Waals surface area contributed by atoms with Gasteiger partial charge in [-0.3, -0.25) is 4.79 Å². The standard InChI is InChI=1S/C13H14ClN3O2S/c1-8(7-19-2)15-13(18)12-11(16-17-20-12)9-3-5-10(14)6-4-9/h3-6,8H,7H2,1-2H3,(H,15,18)/t8-/m1/s1. The predicted octanol–water partition coefficient (Wildman–Crippen LogP) is 2.62. The van der Waals surface area contributed by atoms with Gasteiger partial charge in [0, 0.05) is 23.7 Å². The number of ether oxygens (including phenoxy) is 1. The molecule has 0 spiro atoms. The first-order valence-electron chi connectivity index (χ1n) is 6.00. The van der Waals surface area contributed by atoms with E-state index in [9.17, 15) is 4.79 Å². The summed E-state index contributed by atoms with van der Waals surface area (Å²) in [6.45, 7) is 2.33. The Balaban J connectivity index is 2.20. The number of benzene rings is 1. The Hall–Kier alpha value is -1.50. The molecule has 0 radical (unpaired) electrons. The summed E-state index contributed by atoms with van der Waals surface area (Å²) in [6.07, 6.45) is 0. The monoisotopic (exact) mass is 311 g/mol. The summed E-state index contributed by atoms with van der Waals surface area (Å²) >= 11 is 6.92. The summed E-state index contributed by atoms with van der Waals surface area (Å²) in [4.78, 5) is 12.7. The van der Waals surface area contributed by atoms with Crippen molar-refractivity contribution in [1.29, 1.82) is 0 Å². The van der Waals surface area contributed by atoms with Gasteiger partial charge in [0.25, 0.3) is 5.91 Å². The van der Waals surface area contributed by atoms with Gasteiger partial charge < -0.3 is 10.1 Å². The first-order valence-corrected chi connectivity index (χ1v) is 7.15. The minimum atomic E-state index is -0.200. The fourth-order valence-electron chi connectivity index (χ4n) is 1.72. The molecule has 0 fully saturated rings. The molecule has 2 rings (SSSR count). The zero-order valence-corrected chi connectivity index (χ0v) is 12.7. The summed E-state index contributed by atoms with van der Waals surface area (Å²) in [5.74, 6) is -0.200. The van der Waals surface area contributed by atoms with Gasteiger partial charge in [0.05, 0.1) is 6.61 Å². The highest BCUT2D eigenvalue weighted by Gasteiger charge is 2.19. The number of halogens is 1. The lowest BCUT2D eigenvalue weighted by molar-refractivity contribution is 0.0910. The van der Waals surface area contributed by atoms with E-state index in [1.165, 1.54) is 0 Å². The number of rotatable bonds is 5. The third-order valence-corrected chi connectivity index (χ3v) is 3.58. The highest BCUT2D eigenvalue weighted by Crippen LogP contribution is 2.25. The molecule has 0 saturated heterocycles. The van der Waals surface area contributed by atoms with Crippen LogP contribution in [0.15, 0.2) is 24.3 Å². The third kappa shape index (κ3) is 3.53. The molecule has 106 valence electrons. The second kappa shape index (κ2) is 6.78. The SMILES string of the molecule is COC[C@@H](C)NC(=O)c1snnc1-c1ccc(Cl)cc1. The molecule has 1 atom stereocenters. The predicted molar refractivity (Wildman–Crippen MR) is 79.2 cm³/mol.